The molecule has 0 saturated carbocycles. The second kappa shape index (κ2) is 15.5. The number of fused-ring (bicyclic) bond motifs is 6. The fraction of sp³-hybridized carbons (Fsp3) is 0.302. The molecule has 2 aliphatic carbocycles. The first-order valence-electron chi connectivity index (χ1n) is 18.8. The summed E-state index contributed by atoms with van der Waals surface area (Å²) in [6.45, 7) is 2.97. The molecular formula is C43H39Cl3F2N4O6. The van der Waals surface area contributed by atoms with E-state index in [2.05, 4.69) is 15.3 Å². The van der Waals surface area contributed by atoms with Crippen molar-refractivity contribution in [3.63, 3.8) is 0 Å². The molecule has 0 spiro atoms. The molecule has 4 atom stereocenters. The van der Waals surface area contributed by atoms with Crippen molar-refractivity contribution in [3.8, 4) is 16.9 Å². The molecule has 4 aromatic carbocycles. The van der Waals surface area contributed by atoms with Crippen molar-refractivity contribution in [1.29, 1.82) is 0 Å². The van der Waals surface area contributed by atoms with E-state index in [1.807, 2.05) is 13.8 Å². The van der Waals surface area contributed by atoms with Crippen molar-refractivity contribution < 1.29 is 38.1 Å². The quantitative estimate of drug-likeness (QED) is 0.0792. The summed E-state index contributed by atoms with van der Waals surface area (Å²) in [5.74, 6) is -2.32. The second-order valence-electron chi connectivity index (χ2n) is 15.5. The smallest absolute Gasteiger partial charge is 0.342 e. The molecule has 302 valence electrons. The monoisotopic (exact) mass is 850 g/mol. The Kier molecular flexibility index (Phi) is 10.7. The lowest BCUT2D eigenvalue weighted by Crippen LogP contribution is -2.47. The number of rotatable bonds is 9. The minimum absolute atomic E-state index is 0.0267. The van der Waals surface area contributed by atoms with Crippen LogP contribution in [-0.2, 0) is 17.6 Å². The van der Waals surface area contributed by atoms with Gasteiger partial charge < -0.3 is 40.7 Å². The van der Waals surface area contributed by atoms with Crippen LogP contribution in [0.1, 0.15) is 82.0 Å². The van der Waals surface area contributed by atoms with Gasteiger partial charge in [-0.2, -0.15) is 0 Å². The highest BCUT2D eigenvalue weighted by atomic mass is 35.5. The average molecular weight is 852 g/mol. The van der Waals surface area contributed by atoms with Gasteiger partial charge in [-0.1, -0.05) is 46.9 Å². The van der Waals surface area contributed by atoms with Crippen LogP contribution >= 0.6 is 34.8 Å². The summed E-state index contributed by atoms with van der Waals surface area (Å²) in [4.78, 5) is 34.4. The molecule has 7 N–H and O–H groups in total. The number of benzene rings is 4. The molecule has 2 aliphatic rings. The minimum Gasteiger partial charge on any atom is -0.490 e. The van der Waals surface area contributed by atoms with Crippen LogP contribution in [0.3, 0.4) is 0 Å². The van der Waals surface area contributed by atoms with Crippen LogP contribution in [0.2, 0.25) is 15.1 Å². The number of H-pyrrole nitrogens is 2. The van der Waals surface area contributed by atoms with Gasteiger partial charge >= 0.3 is 5.97 Å². The molecule has 8 rings (SSSR count). The van der Waals surface area contributed by atoms with E-state index in [-0.39, 0.29) is 63.4 Å². The molecule has 0 saturated heterocycles. The summed E-state index contributed by atoms with van der Waals surface area (Å²) in [5.41, 5.74) is 10.5. The maximum absolute atomic E-state index is 14.6. The van der Waals surface area contributed by atoms with Crippen molar-refractivity contribution in [1.82, 2.24) is 15.3 Å². The maximum atomic E-state index is 14.6. The number of carbonyl (C=O) groups excluding carboxylic acids is 2. The number of nitrogens with one attached hydrogen (secondary N) is 3. The van der Waals surface area contributed by atoms with E-state index in [0.29, 0.717) is 62.7 Å². The van der Waals surface area contributed by atoms with E-state index in [1.54, 1.807) is 36.4 Å². The van der Waals surface area contributed by atoms with Gasteiger partial charge in [-0.05, 0) is 103 Å². The van der Waals surface area contributed by atoms with Gasteiger partial charge in [0.1, 0.15) is 28.5 Å². The van der Waals surface area contributed by atoms with Gasteiger partial charge in [0.2, 0.25) is 0 Å². The normalized spacial score (nSPS) is 20.3. The Morgan fingerprint density at radius 1 is 0.879 bits per heavy atom. The maximum Gasteiger partial charge on any atom is 0.342 e. The zero-order valence-corrected chi connectivity index (χ0v) is 33.6. The van der Waals surface area contributed by atoms with Crippen LogP contribution in [0.4, 0.5) is 8.78 Å². The van der Waals surface area contributed by atoms with E-state index >= 15 is 0 Å². The Balaban J connectivity index is 1.06. The molecule has 0 aliphatic heterocycles. The summed E-state index contributed by atoms with van der Waals surface area (Å²) in [5, 5.41) is 25.1. The number of hydrogen-bond donors (Lipinski definition) is 6. The molecule has 0 bridgehead atoms. The fourth-order valence-electron chi connectivity index (χ4n) is 8.37. The number of aromatic nitrogens is 2. The van der Waals surface area contributed by atoms with Crippen LogP contribution in [0.25, 0.3) is 32.9 Å². The lowest BCUT2D eigenvalue weighted by atomic mass is 9.80. The highest BCUT2D eigenvalue weighted by Gasteiger charge is 2.43. The number of halogens is 5. The van der Waals surface area contributed by atoms with E-state index in [9.17, 15) is 28.6 Å². The third-order valence-corrected chi connectivity index (χ3v) is 12.0. The first-order valence-corrected chi connectivity index (χ1v) is 19.9. The van der Waals surface area contributed by atoms with Crippen molar-refractivity contribution >= 4 is 68.5 Å². The van der Waals surface area contributed by atoms with Gasteiger partial charge in [0.25, 0.3) is 5.91 Å². The van der Waals surface area contributed by atoms with E-state index in [4.69, 9.17) is 50.0 Å². The van der Waals surface area contributed by atoms with Gasteiger partial charge in [-0.15, -0.1) is 0 Å². The van der Waals surface area contributed by atoms with Crippen LogP contribution in [-0.4, -0.2) is 57.0 Å². The molecule has 58 heavy (non-hydrogen) atoms. The zero-order valence-electron chi connectivity index (χ0n) is 31.3. The van der Waals surface area contributed by atoms with Gasteiger partial charge in [0, 0.05) is 58.7 Å². The molecule has 2 heterocycles. The summed E-state index contributed by atoms with van der Waals surface area (Å²) in [6.07, 6.45) is 0.792. The van der Waals surface area contributed by atoms with Gasteiger partial charge in [0.05, 0.1) is 39.4 Å². The first-order chi connectivity index (χ1) is 27.7. The average Bonchev–Trinajstić information content (AvgIpc) is 3.72. The molecular weight excluding hydrogens is 813 g/mol. The Morgan fingerprint density at radius 2 is 1.52 bits per heavy atom. The predicted octanol–water partition coefficient (Wildman–Crippen LogP) is 8.90. The largest absolute Gasteiger partial charge is 0.490 e. The minimum atomic E-state index is -1.44. The summed E-state index contributed by atoms with van der Waals surface area (Å²) in [7, 11) is 0. The first kappa shape index (κ1) is 40.1. The Labute approximate surface area is 346 Å². The molecule has 1 amide bonds. The third-order valence-electron chi connectivity index (χ3n) is 11.1. The number of hydrogen-bond acceptors (Lipinski definition) is 7. The number of esters is 1. The number of aliphatic hydroxyl groups is 2. The van der Waals surface area contributed by atoms with E-state index in [0.717, 1.165) is 5.56 Å². The Hall–Kier alpha value is -4.69. The summed E-state index contributed by atoms with van der Waals surface area (Å²) in [6, 6.07) is 14.3. The highest BCUT2D eigenvalue weighted by molar-refractivity contribution is 6.34. The number of ether oxygens (including phenoxy) is 2. The molecule has 0 fully saturated rings. The molecule has 4 unspecified atom stereocenters. The van der Waals surface area contributed by atoms with E-state index < -0.39 is 47.8 Å². The Morgan fingerprint density at radius 3 is 2.16 bits per heavy atom. The van der Waals surface area contributed by atoms with Crippen molar-refractivity contribution in [2.75, 3.05) is 13.2 Å². The highest BCUT2D eigenvalue weighted by Crippen LogP contribution is 2.43. The van der Waals surface area contributed by atoms with Crippen LogP contribution in [0, 0.1) is 17.6 Å². The number of nitrogens with two attached hydrogens (primary N) is 1. The van der Waals surface area contributed by atoms with E-state index in [1.165, 1.54) is 24.3 Å². The predicted molar refractivity (Wildman–Crippen MR) is 219 cm³/mol. The zero-order chi connectivity index (χ0) is 41.2. The topological polar surface area (TPSA) is 163 Å². The summed E-state index contributed by atoms with van der Waals surface area (Å²) >= 11 is 18.8. The van der Waals surface area contributed by atoms with Crippen LogP contribution in [0.15, 0.2) is 60.7 Å². The number of aromatic amines is 2. The lowest BCUT2D eigenvalue weighted by molar-refractivity contribution is -0.0587. The van der Waals surface area contributed by atoms with Crippen LogP contribution in [0.5, 0.6) is 5.75 Å². The van der Waals surface area contributed by atoms with Crippen LogP contribution < -0.4 is 15.8 Å². The SMILES string of the molecule is CC(C)Oc1ccc(-c2ccc(C(=O)NC3CC(CO)Cc4c3[nH]c3cc(Cl)c(F)cc43)c(Cl)c2)cc1C(=O)OC1(CO)Cc2c([nH]c3cc(Cl)c(F)cc23)C(N)C1. The molecule has 6 aromatic rings. The Bertz CT molecular complexity index is 2630. The molecule has 2 aromatic heterocycles. The molecule has 0 radical (unpaired) electrons. The number of carbonyl (C=O) groups is 2. The standard InChI is InChI=1S/C43H39Cl3F2N4O6/c1-19(2)57-38-6-4-21(9-27(38)42(56)58-43(18-54)15-28-25-12-33(48)31(46)14-36(25)50-39(28)34(49)16-43)22-3-5-23(29(44)10-22)41(55)52-37-8-20(17-53)7-26-24-11-32(47)30(45)13-35(24)51-40(26)37/h3-6,9-14,19-20,34,37,50-51,53-54H,7-8,15-18,49H2,1-2H3,(H,52,55). The van der Waals surface area contributed by atoms with Crippen molar-refractivity contribution in [2.45, 2.75) is 63.3 Å². The molecule has 10 nitrogen and oxygen atoms in total. The van der Waals surface area contributed by atoms with Gasteiger partial charge in [-0.3, -0.25) is 4.79 Å². The number of amides is 1. The number of aliphatic hydroxyl groups excluding tert-OH is 2. The van der Waals surface area contributed by atoms with Gasteiger partial charge in [-0.25, -0.2) is 13.6 Å². The van der Waals surface area contributed by atoms with Crippen molar-refractivity contribution in [3.05, 3.63) is 121 Å². The third kappa shape index (κ3) is 7.31. The lowest BCUT2D eigenvalue weighted by Gasteiger charge is -2.38. The molecule has 15 heteroatoms. The summed E-state index contributed by atoms with van der Waals surface area (Å²) < 4.78 is 41.1. The second-order valence-corrected chi connectivity index (χ2v) is 16.7. The fourth-order valence-corrected chi connectivity index (χ4v) is 8.96. The van der Waals surface area contributed by atoms with Gasteiger partial charge in [0.15, 0.2) is 0 Å². The van der Waals surface area contributed by atoms with Crippen molar-refractivity contribution in [2.24, 2.45) is 11.7 Å².